The molecular formula is C10H11BrINO4S. The Hall–Kier alpha value is -0.190. The molecule has 1 rings (SSSR count). The fourth-order valence-electron chi connectivity index (χ4n) is 1.09. The van der Waals surface area contributed by atoms with Crippen LogP contribution in [-0.2, 0) is 19.6 Å². The summed E-state index contributed by atoms with van der Waals surface area (Å²) in [5.74, 6) is -0.464. The Morgan fingerprint density at radius 3 is 2.50 bits per heavy atom. The second kappa shape index (κ2) is 6.83. The molecule has 0 heterocycles. The van der Waals surface area contributed by atoms with Crippen molar-refractivity contribution in [2.24, 2.45) is 0 Å². The molecule has 0 aliphatic rings. The van der Waals surface area contributed by atoms with Crippen molar-refractivity contribution in [3.8, 4) is 0 Å². The van der Waals surface area contributed by atoms with Crippen molar-refractivity contribution in [1.29, 1.82) is 0 Å². The summed E-state index contributed by atoms with van der Waals surface area (Å²) in [5, 5.41) is 0. The van der Waals surface area contributed by atoms with Gasteiger partial charge in [-0.25, -0.2) is 13.1 Å². The normalized spacial score (nSPS) is 13.1. The number of carbonyl (C=O) groups is 1. The Morgan fingerprint density at radius 1 is 1.44 bits per heavy atom. The highest BCUT2D eigenvalue weighted by atomic mass is 127. The quantitative estimate of drug-likeness (QED) is 0.423. The minimum absolute atomic E-state index is 0.00830. The first kappa shape index (κ1) is 15.9. The van der Waals surface area contributed by atoms with Gasteiger partial charge in [-0.15, -0.1) is 0 Å². The monoisotopic (exact) mass is 447 g/mol. The average molecular weight is 448 g/mol. The van der Waals surface area contributed by atoms with Crippen LogP contribution in [0.2, 0.25) is 0 Å². The number of rotatable bonds is 5. The third-order valence-electron chi connectivity index (χ3n) is 2.03. The molecule has 1 atom stereocenters. The standard InChI is InChI=1S/C10H11BrINO4S/c1-17-10(14)9(12)6-13-18(15,16)8-4-2-7(11)3-5-8/h2-5,9,13H,6H2,1H3. The van der Waals surface area contributed by atoms with Gasteiger partial charge in [-0.2, -0.15) is 0 Å². The number of alkyl halides is 1. The van der Waals surface area contributed by atoms with Crippen molar-refractivity contribution in [2.75, 3.05) is 13.7 Å². The predicted molar refractivity (Wildman–Crippen MR) is 79.2 cm³/mol. The molecule has 0 saturated heterocycles. The van der Waals surface area contributed by atoms with Crippen molar-refractivity contribution in [3.63, 3.8) is 0 Å². The number of esters is 1. The van der Waals surface area contributed by atoms with Gasteiger partial charge in [0, 0.05) is 11.0 Å². The van der Waals surface area contributed by atoms with Gasteiger partial charge in [0.2, 0.25) is 10.0 Å². The van der Waals surface area contributed by atoms with E-state index in [4.69, 9.17) is 0 Å². The molecule has 0 saturated carbocycles. The van der Waals surface area contributed by atoms with Gasteiger partial charge in [-0.3, -0.25) is 4.79 Å². The maximum atomic E-state index is 11.9. The zero-order valence-corrected chi connectivity index (χ0v) is 14.0. The second-order valence-electron chi connectivity index (χ2n) is 3.30. The molecule has 100 valence electrons. The third kappa shape index (κ3) is 4.48. The van der Waals surface area contributed by atoms with Crippen LogP contribution < -0.4 is 4.72 Å². The van der Waals surface area contributed by atoms with Gasteiger partial charge in [0.15, 0.2) is 0 Å². The zero-order chi connectivity index (χ0) is 13.8. The van der Waals surface area contributed by atoms with Crippen LogP contribution in [-0.4, -0.2) is 32.0 Å². The Morgan fingerprint density at radius 2 is 2.00 bits per heavy atom. The van der Waals surface area contributed by atoms with E-state index in [0.29, 0.717) is 0 Å². The van der Waals surface area contributed by atoms with Gasteiger partial charge in [0.1, 0.15) is 3.92 Å². The second-order valence-corrected chi connectivity index (χ2v) is 7.48. The van der Waals surface area contributed by atoms with Crippen molar-refractivity contribution in [2.45, 2.75) is 8.82 Å². The Bertz CT molecular complexity index is 517. The van der Waals surface area contributed by atoms with Gasteiger partial charge in [0.05, 0.1) is 12.0 Å². The minimum atomic E-state index is -3.60. The van der Waals surface area contributed by atoms with Gasteiger partial charge in [0.25, 0.3) is 0 Å². The highest BCUT2D eigenvalue weighted by Gasteiger charge is 2.20. The van der Waals surface area contributed by atoms with E-state index in [1.807, 2.05) is 22.6 Å². The van der Waals surface area contributed by atoms with Gasteiger partial charge in [-0.1, -0.05) is 38.5 Å². The summed E-state index contributed by atoms with van der Waals surface area (Å²) in [7, 11) is -2.34. The summed E-state index contributed by atoms with van der Waals surface area (Å²) in [6.07, 6.45) is 0. The summed E-state index contributed by atoms with van der Waals surface area (Å²) in [4.78, 5) is 11.3. The molecule has 1 aromatic carbocycles. The number of ether oxygens (including phenoxy) is 1. The summed E-state index contributed by atoms with van der Waals surface area (Å²) >= 11 is 5.05. The molecule has 0 aliphatic heterocycles. The largest absolute Gasteiger partial charge is 0.468 e. The Labute approximate surface area is 128 Å². The summed E-state index contributed by atoms with van der Waals surface area (Å²) in [6, 6.07) is 6.23. The Kier molecular flexibility index (Phi) is 6.02. The molecule has 0 spiro atoms. The van der Waals surface area contributed by atoms with Gasteiger partial charge in [-0.05, 0) is 24.3 Å². The topological polar surface area (TPSA) is 72.5 Å². The number of hydrogen-bond acceptors (Lipinski definition) is 4. The number of hydrogen-bond donors (Lipinski definition) is 1. The molecule has 1 unspecified atom stereocenters. The van der Waals surface area contributed by atoms with Gasteiger partial charge < -0.3 is 4.74 Å². The molecule has 0 bridgehead atoms. The molecule has 0 fully saturated rings. The van der Waals surface area contributed by atoms with E-state index in [1.165, 1.54) is 19.2 Å². The van der Waals surface area contributed by atoms with Crippen LogP contribution >= 0.6 is 38.5 Å². The van der Waals surface area contributed by atoms with Crippen molar-refractivity contribution in [1.82, 2.24) is 4.72 Å². The first-order chi connectivity index (χ1) is 8.36. The van der Waals surface area contributed by atoms with Crippen LogP contribution in [0.15, 0.2) is 33.6 Å². The highest BCUT2D eigenvalue weighted by Crippen LogP contribution is 2.14. The summed E-state index contributed by atoms with van der Waals surface area (Å²) in [6.45, 7) is -0.00830. The molecular weight excluding hydrogens is 437 g/mol. The van der Waals surface area contributed by atoms with Crippen LogP contribution in [0.4, 0.5) is 0 Å². The number of benzene rings is 1. The molecule has 1 N–H and O–H groups in total. The van der Waals surface area contributed by atoms with Crippen LogP contribution in [0.1, 0.15) is 0 Å². The average Bonchev–Trinajstić information content (AvgIpc) is 2.35. The molecule has 0 aliphatic carbocycles. The lowest BCUT2D eigenvalue weighted by Gasteiger charge is -2.10. The lowest BCUT2D eigenvalue weighted by atomic mass is 10.4. The van der Waals surface area contributed by atoms with Crippen LogP contribution in [0.5, 0.6) is 0 Å². The number of sulfonamides is 1. The SMILES string of the molecule is COC(=O)C(I)CNS(=O)(=O)c1ccc(Br)cc1. The van der Waals surface area contributed by atoms with Crippen molar-refractivity contribution in [3.05, 3.63) is 28.7 Å². The van der Waals surface area contributed by atoms with E-state index >= 15 is 0 Å². The lowest BCUT2D eigenvalue weighted by Crippen LogP contribution is -2.33. The maximum Gasteiger partial charge on any atom is 0.319 e. The smallest absolute Gasteiger partial charge is 0.319 e. The fourth-order valence-corrected chi connectivity index (χ4v) is 3.18. The van der Waals surface area contributed by atoms with Crippen molar-refractivity contribution < 1.29 is 17.9 Å². The van der Waals surface area contributed by atoms with E-state index < -0.39 is 19.9 Å². The molecule has 0 amide bonds. The van der Waals surface area contributed by atoms with E-state index in [-0.39, 0.29) is 11.4 Å². The first-order valence-corrected chi connectivity index (χ1v) is 8.36. The number of carbonyl (C=O) groups excluding carboxylic acids is 1. The van der Waals surface area contributed by atoms with Gasteiger partial charge >= 0.3 is 5.97 Å². The predicted octanol–water partition coefficient (Wildman–Crippen LogP) is 1.70. The van der Waals surface area contributed by atoms with Crippen LogP contribution in [0.3, 0.4) is 0 Å². The molecule has 1 aromatic rings. The van der Waals surface area contributed by atoms with E-state index in [1.54, 1.807) is 12.1 Å². The van der Waals surface area contributed by atoms with Crippen LogP contribution in [0, 0.1) is 0 Å². The molecule has 0 aromatic heterocycles. The molecule has 18 heavy (non-hydrogen) atoms. The van der Waals surface area contributed by atoms with E-state index in [2.05, 4.69) is 25.4 Å². The molecule has 8 heteroatoms. The number of halogens is 2. The van der Waals surface area contributed by atoms with E-state index in [9.17, 15) is 13.2 Å². The minimum Gasteiger partial charge on any atom is -0.468 e. The summed E-state index contributed by atoms with van der Waals surface area (Å²) in [5.41, 5.74) is 0. The fraction of sp³-hybridized carbons (Fsp3) is 0.300. The van der Waals surface area contributed by atoms with Crippen LogP contribution in [0.25, 0.3) is 0 Å². The van der Waals surface area contributed by atoms with E-state index in [0.717, 1.165) is 4.47 Å². The lowest BCUT2D eigenvalue weighted by molar-refractivity contribution is -0.139. The number of nitrogens with one attached hydrogen (secondary N) is 1. The maximum absolute atomic E-state index is 11.9. The van der Waals surface area contributed by atoms with Crippen molar-refractivity contribution >= 4 is 54.5 Å². The zero-order valence-electron chi connectivity index (χ0n) is 9.39. The highest BCUT2D eigenvalue weighted by molar-refractivity contribution is 14.1. The summed E-state index contributed by atoms with van der Waals surface area (Å²) < 4.78 is 30.9. The first-order valence-electron chi connectivity index (χ1n) is 4.84. The Balaban J connectivity index is 2.71. The molecule has 0 radical (unpaired) electrons. The number of methoxy groups -OCH3 is 1. The molecule has 5 nitrogen and oxygen atoms in total. The third-order valence-corrected chi connectivity index (χ3v) is 4.95.